The minimum Gasteiger partial charge on any atom is -0.481 e. The number of hydrogen-bond acceptors (Lipinski definition) is 3. The molecule has 1 heterocycles. The van der Waals surface area contributed by atoms with Gasteiger partial charge in [-0.25, -0.2) is 0 Å². The van der Waals surface area contributed by atoms with Crippen molar-refractivity contribution in [1.82, 2.24) is 15.1 Å². The number of carbonyl (C=O) groups is 2. The molecule has 0 saturated heterocycles. The van der Waals surface area contributed by atoms with Gasteiger partial charge in [0.1, 0.15) is 5.92 Å². The molecule has 1 aromatic rings. The van der Waals surface area contributed by atoms with Crippen LogP contribution in [0.15, 0.2) is 6.20 Å². The van der Waals surface area contributed by atoms with Gasteiger partial charge in [-0.05, 0) is 44.6 Å². The molecule has 2 atom stereocenters. The van der Waals surface area contributed by atoms with Crippen LogP contribution in [0, 0.1) is 5.92 Å². The van der Waals surface area contributed by atoms with E-state index in [0.717, 1.165) is 25.0 Å². The first-order valence-electron chi connectivity index (χ1n) is 8.17. The average molecular weight is 305 g/mol. The number of nitrogens with zero attached hydrogens (tertiary/aromatic N) is 2. The number of carboxylic acids is 1. The molecule has 120 valence electrons. The van der Waals surface area contributed by atoms with E-state index in [2.05, 4.69) is 16.2 Å². The Labute approximate surface area is 129 Å². The number of amides is 1. The van der Waals surface area contributed by atoms with Gasteiger partial charge in [-0.15, -0.1) is 0 Å². The minimum atomic E-state index is -1.09. The van der Waals surface area contributed by atoms with Crippen LogP contribution in [0.1, 0.15) is 68.8 Å². The molecule has 6 heteroatoms. The van der Waals surface area contributed by atoms with Crippen LogP contribution in [-0.2, 0) is 16.0 Å². The summed E-state index contributed by atoms with van der Waals surface area (Å²) in [5.41, 5.74) is 2.13. The Balaban J connectivity index is 1.76. The first-order chi connectivity index (χ1) is 10.6. The summed E-state index contributed by atoms with van der Waals surface area (Å²) in [6.07, 6.45) is 9.80. The highest BCUT2D eigenvalue weighted by Gasteiger charge is 2.30. The third-order valence-corrected chi connectivity index (χ3v) is 4.89. The fourth-order valence-electron chi connectivity index (χ4n) is 3.47. The van der Waals surface area contributed by atoms with Crippen LogP contribution in [0.5, 0.6) is 0 Å². The standard InChI is InChI=1S/C16H23N3O3/c1-10(16(21)22)15(20)17-13-8-4-5-11-9-19(18-14(11)13)12-6-2-3-7-12/h9-10,12-13H,2-8H2,1H3,(H,17,20)(H,21,22). The third kappa shape index (κ3) is 2.87. The Kier molecular flexibility index (Phi) is 4.18. The van der Waals surface area contributed by atoms with Crippen molar-refractivity contribution in [2.24, 2.45) is 5.92 Å². The number of rotatable bonds is 4. The summed E-state index contributed by atoms with van der Waals surface area (Å²) in [6, 6.07) is 0.334. The number of carbonyl (C=O) groups excluding carboxylic acids is 1. The molecule has 1 fully saturated rings. The summed E-state index contributed by atoms with van der Waals surface area (Å²) < 4.78 is 2.07. The van der Waals surface area contributed by atoms with Crippen molar-refractivity contribution < 1.29 is 14.7 Å². The number of aliphatic carboxylic acids is 1. The molecule has 22 heavy (non-hydrogen) atoms. The van der Waals surface area contributed by atoms with Crippen LogP contribution in [0.3, 0.4) is 0 Å². The lowest BCUT2D eigenvalue weighted by Crippen LogP contribution is -2.37. The molecule has 2 unspecified atom stereocenters. The van der Waals surface area contributed by atoms with Gasteiger partial charge in [-0.1, -0.05) is 12.8 Å². The molecule has 0 aliphatic heterocycles. The molecule has 3 rings (SSSR count). The van der Waals surface area contributed by atoms with Crippen molar-refractivity contribution in [2.45, 2.75) is 64.0 Å². The zero-order chi connectivity index (χ0) is 15.7. The van der Waals surface area contributed by atoms with Crippen molar-refractivity contribution in [3.8, 4) is 0 Å². The highest BCUT2D eigenvalue weighted by atomic mass is 16.4. The van der Waals surface area contributed by atoms with E-state index in [1.807, 2.05) is 0 Å². The molecule has 6 nitrogen and oxygen atoms in total. The number of nitrogens with one attached hydrogen (secondary N) is 1. The topological polar surface area (TPSA) is 84.2 Å². The van der Waals surface area contributed by atoms with Crippen LogP contribution < -0.4 is 5.32 Å². The number of hydrogen-bond donors (Lipinski definition) is 2. The summed E-state index contributed by atoms with van der Waals surface area (Å²) in [7, 11) is 0. The third-order valence-electron chi connectivity index (χ3n) is 4.89. The van der Waals surface area contributed by atoms with E-state index < -0.39 is 17.8 Å². The number of aromatic nitrogens is 2. The van der Waals surface area contributed by atoms with Crippen molar-refractivity contribution in [3.05, 3.63) is 17.5 Å². The summed E-state index contributed by atoms with van der Waals surface area (Å²) >= 11 is 0. The number of aryl methyl sites for hydroxylation is 1. The quantitative estimate of drug-likeness (QED) is 0.835. The maximum absolute atomic E-state index is 12.0. The lowest BCUT2D eigenvalue weighted by molar-refractivity contribution is -0.146. The smallest absolute Gasteiger partial charge is 0.315 e. The van der Waals surface area contributed by atoms with E-state index in [1.54, 1.807) is 0 Å². The van der Waals surface area contributed by atoms with E-state index in [0.29, 0.717) is 6.04 Å². The second-order valence-corrected chi connectivity index (χ2v) is 6.47. The summed E-state index contributed by atoms with van der Waals surface area (Å²) in [4.78, 5) is 22.9. The first kappa shape index (κ1) is 15.1. The predicted octanol–water partition coefficient (Wildman–Crippen LogP) is 2.21. The van der Waals surface area contributed by atoms with Crippen molar-refractivity contribution >= 4 is 11.9 Å². The van der Waals surface area contributed by atoms with Crippen LogP contribution in [0.2, 0.25) is 0 Å². The lowest BCUT2D eigenvalue weighted by atomic mass is 9.93. The Morgan fingerprint density at radius 3 is 2.73 bits per heavy atom. The molecular weight excluding hydrogens is 282 g/mol. The molecule has 0 spiro atoms. The van der Waals surface area contributed by atoms with Crippen molar-refractivity contribution in [2.75, 3.05) is 0 Å². The maximum Gasteiger partial charge on any atom is 0.315 e. The maximum atomic E-state index is 12.0. The Morgan fingerprint density at radius 2 is 2.05 bits per heavy atom. The van der Waals surface area contributed by atoms with Gasteiger partial charge in [-0.2, -0.15) is 5.10 Å². The molecular formula is C16H23N3O3. The summed E-state index contributed by atoms with van der Waals surface area (Å²) in [5.74, 6) is -2.55. The molecule has 0 aromatic carbocycles. The van der Waals surface area contributed by atoms with Crippen molar-refractivity contribution in [3.63, 3.8) is 0 Å². The van der Waals surface area contributed by atoms with E-state index in [4.69, 9.17) is 10.2 Å². The molecule has 2 aliphatic carbocycles. The first-order valence-corrected chi connectivity index (χ1v) is 8.17. The largest absolute Gasteiger partial charge is 0.481 e. The normalized spacial score (nSPS) is 23.0. The van der Waals surface area contributed by atoms with Gasteiger partial charge >= 0.3 is 5.97 Å². The Bertz CT molecular complexity index is 575. The van der Waals surface area contributed by atoms with Gasteiger partial charge < -0.3 is 10.4 Å². The summed E-state index contributed by atoms with van der Waals surface area (Å²) in [6.45, 7) is 1.42. The van der Waals surface area contributed by atoms with E-state index >= 15 is 0 Å². The zero-order valence-electron chi connectivity index (χ0n) is 12.9. The van der Waals surface area contributed by atoms with E-state index in [-0.39, 0.29) is 6.04 Å². The monoisotopic (exact) mass is 305 g/mol. The fraction of sp³-hybridized carbons (Fsp3) is 0.688. The fourth-order valence-corrected chi connectivity index (χ4v) is 3.47. The lowest BCUT2D eigenvalue weighted by Gasteiger charge is -2.23. The molecule has 2 aliphatic rings. The Morgan fingerprint density at radius 1 is 1.32 bits per heavy atom. The second kappa shape index (κ2) is 6.10. The van der Waals surface area contributed by atoms with Gasteiger partial charge in [0.15, 0.2) is 0 Å². The van der Waals surface area contributed by atoms with Crippen LogP contribution in [-0.4, -0.2) is 26.8 Å². The highest BCUT2D eigenvalue weighted by Crippen LogP contribution is 2.33. The van der Waals surface area contributed by atoms with E-state index in [1.165, 1.54) is 38.2 Å². The van der Waals surface area contributed by atoms with Gasteiger partial charge in [0.25, 0.3) is 0 Å². The molecule has 1 amide bonds. The predicted molar refractivity (Wildman–Crippen MR) is 80.4 cm³/mol. The molecule has 2 N–H and O–H groups in total. The molecule has 1 aromatic heterocycles. The number of fused-ring (bicyclic) bond motifs is 1. The van der Waals surface area contributed by atoms with Gasteiger partial charge in [0.05, 0.1) is 17.8 Å². The van der Waals surface area contributed by atoms with Crippen molar-refractivity contribution in [1.29, 1.82) is 0 Å². The molecule has 0 bridgehead atoms. The van der Waals surface area contributed by atoms with E-state index in [9.17, 15) is 9.59 Å². The average Bonchev–Trinajstić information content (AvgIpc) is 3.15. The molecule has 1 saturated carbocycles. The summed E-state index contributed by atoms with van der Waals surface area (Å²) in [5, 5.41) is 16.5. The van der Waals surface area contributed by atoms with Crippen LogP contribution in [0.4, 0.5) is 0 Å². The highest BCUT2D eigenvalue weighted by molar-refractivity contribution is 5.96. The van der Waals surface area contributed by atoms with Crippen LogP contribution in [0.25, 0.3) is 0 Å². The van der Waals surface area contributed by atoms with Gasteiger partial charge in [0, 0.05) is 6.20 Å². The minimum absolute atomic E-state index is 0.152. The van der Waals surface area contributed by atoms with Gasteiger partial charge in [0.2, 0.25) is 5.91 Å². The Hall–Kier alpha value is -1.85. The van der Waals surface area contributed by atoms with Gasteiger partial charge in [-0.3, -0.25) is 14.3 Å². The zero-order valence-corrected chi connectivity index (χ0v) is 12.9. The van der Waals surface area contributed by atoms with Crippen LogP contribution >= 0.6 is 0 Å². The SMILES string of the molecule is CC(C(=O)O)C(=O)NC1CCCc2cn(C3CCCC3)nc21. The second-order valence-electron chi connectivity index (χ2n) is 6.47. The molecule has 0 radical (unpaired) electrons. The number of carboxylic acid groups (broad SMARTS) is 1.